The van der Waals surface area contributed by atoms with Crippen LogP contribution in [-0.2, 0) is 9.53 Å². The molecule has 0 saturated heterocycles. The Bertz CT molecular complexity index is 184. The second kappa shape index (κ2) is 4.92. The van der Waals surface area contributed by atoms with Gasteiger partial charge in [0.05, 0.1) is 6.10 Å². The zero-order chi connectivity index (χ0) is 9.80. The van der Waals surface area contributed by atoms with E-state index >= 15 is 0 Å². The molecule has 2 saturated carbocycles. The lowest BCUT2D eigenvalue weighted by atomic mass is 9.96. The van der Waals surface area contributed by atoms with Crippen LogP contribution < -0.4 is 0 Å². The molecule has 0 aliphatic heterocycles. The quantitative estimate of drug-likeness (QED) is 0.693. The van der Waals surface area contributed by atoms with Crippen LogP contribution >= 0.6 is 0 Å². The molecule has 2 heteroatoms. The Labute approximate surface area is 86.0 Å². The van der Waals surface area contributed by atoms with E-state index in [-0.39, 0.29) is 0 Å². The molecule has 0 amide bonds. The Morgan fingerprint density at radius 3 is 2.36 bits per heavy atom. The van der Waals surface area contributed by atoms with Gasteiger partial charge >= 0.3 is 0 Å². The molecule has 80 valence electrons. The van der Waals surface area contributed by atoms with Gasteiger partial charge in [-0.15, -0.1) is 0 Å². The number of ketones is 1. The first-order chi connectivity index (χ1) is 6.84. The average molecular weight is 196 g/mol. The van der Waals surface area contributed by atoms with Crippen molar-refractivity contribution in [2.75, 3.05) is 6.61 Å². The van der Waals surface area contributed by atoms with Crippen molar-refractivity contribution in [2.45, 2.75) is 57.5 Å². The van der Waals surface area contributed by atoms with Crippen molar-refractivity contribution in [2.24, 2.45) is 5.92 Å². The van der Waals surface area contributed by atoms with E-state index in [1.54, 1.807) is 0 Å². The Kier molecular flexibility index (Phi) is 3.57. The third kappa shape index (κ3) is 2.81. The molecule has 0 heterocycles. The van der Waals surface area contributed by atoms with Crippen LogP contribution in [0.3, 0.4) is 0 Å². The highest BCUT2D eigenvalue weighted by Crippen LogP contribution is 2.26. The molecule has 0 aromatic rings. The van der Waals surface area contributed by atoms with Gasteiger partial charge in [-0.3, -0.25) is 4.79 Å². The number of hydrogen-bond donors (Lipinski definition) is 0. The van der Waals surface area contributed by atoms with Gasteiger partial charge in [0, 0.05) is 19.4 Å². The molecule has 2 aliphatic carbocycles. The summed E-state index contributed by atoms with van der Waals surface area (Å²) in [5.41, 5.74) is 0. The van der Waals surface area contributed by atoms with Gasteiger partial charge < -0.3 is 4.74 Å². The zero-order valence-corrected chi connectivity index (χ0v) is 8.84. The first kappa shape index (κ1) is 10.2. The van der Waals surface area contributed by atoms with E-state index in [1.807, 2.05) is 0 Å². The largest absolute Gasteiger partial charge is 0.378 e. The molecule has 0 N–H and O–H groups in total. The molecule has 0 bridgehead atoms. The lowest BCUT2D eigenvalue weighted by Gasteiger charge is -2.23. The van der Waals surface area contributed by atoms with Crippen LogP contribution in [0.5, 0.6) is 0 Å². The minimum atomic E-state index is 0.383. The SMILES string of the molecule is O=C1CCC(OCC2CCCC2)CC1. The van der Waals surface area contributed by atoms with Gasteiger partial charge in [-0.1, -0.05) is 12.8 Å². The fourth-order valence-corrected chi connectivity index (χ4v) is 2.53. The van der Waals surface area contributed by atoms with E-state index in [4.69, 9.17) is 4.74 Å². The first-order valence-electron chi connectivity index (χ1n) is 5.98. The molecule has 2 aliphatic rings. The minimum Gasteiger partial charge on any atom is -0.378 e. The van der Waals surface area contributed by atoms with Gasteiger partial charge in [-0.05, 0) is 31.6 Å². The third-order valence-corrected chi connectivity index (χ3v) is 3.53. The number of carbonyl (C=O) groups excluding carboxylic acids is 1. The molecule has 0 aromatic carbocycles. The van der Waals surface area contributed by atoms with Crippen molar-refractivity contribution in [3.8, 4) is 0 Å². The normalized spacial score (nSPS) is 25.9. The summed E-state index contributed by atoms with van der Waals surface area (Å²) in [5, 5.41) is 0. The predicted molar refractivity (Wildman–Crippen MR) is 55.2 cm³/mol. The van der Waals surface area contributed by atoms with E-state index < -0.39 is 0 Å². The molecule has 0 atom stereocenters. The van der Waals surface area contributed by atoms with Crippen LogP contribution in [0.4, 0.5) is 0 Å². The van der Waals surface area contributed by atoms with E-state index in [0.717, 1.165) is 38.2 Å². The summed E-state index contributed by atoms with van der Waals surface area (Å²) in [6.45, 7) is 0.943. The molecule has 2 rings (SSSR count). The number of ether oxygens (including phenoxy) is 1. The minimum absolute atomic E-state index is 0.383. The van der Waals surface area contributed by atoms with Crippen molar-refractivity contribution in [3.63, 3.8) is 0 Å². The predicted octanol–water partition coefficient (Wildman–Crippen LogP) is 2.70. The van der Waals surface area contributed by atoms with Crippen LogP contribution in [-0.4, -0.2) is 18.5 Å². The highest BCUT2D eigenvalue weighted by atomic mass is 16.5. The maximum atomic E-state index is 11.0. The summed E-state index contributed by atoms with van der Waals surface area (Å²) in [7, 11) is 0. The molecule has 0 unspecified atom stereocenters. The lowest BCUT2D eigenvalue weighted by molar-refractivity contribution is -0.123. The summed E-state index contributed by atoms with van der Waals surface area (Å²) < 4.78 is 5.86. The average Bonchev–Trinajstić information content (AvgIpc) is 2.70. The van der Waals surface area contributed by atoms with Crippen LogP contribution in [0.1, 0.15) is 51.4 Å². The second-order valence-corrected chi connectivity index (χ2v) is 4.72. The van der Waals surface area contributed by atoms with Gasteiger partial charge in [0.2, 0.25) is 0 Å². The fourth-order valence-electron chi connectivity index (χ4n) is 2.53. The lowest BCUT2D eigenvalue weighted by Crippen LogP contribution is -2.23. The topological polar surface area (TPSA) is 26.3 Å². The van der Waals surface area contributed by atoms with Gasteiger partial charge in [0.25, 0.3) is 0 Å². The van der Waals surface area contributed by atoms with Gasteiger partial charge in [-0.25, -0.2) is 0 Å². The number of hydrogen-bond acceptors (Lipinski definition) is 2. The van der Waals surface area contributed by atoms with Crippen LogP contribution in [0.25, 0.3) is 0 Å². The zero-order valence-electron chi connectivity index (χ0n) is 8.84. The van der Waals surface area contributed by atoms with Crippen molar-refractivity contribution in [1.29, 1.82) is 0 Å². The second-order valence-electron chi connectivity index (χ2n) is 4.72. The Balaban J connectivity index is 1.63. The number of carbonyl (C=O) groups is 1. The summed E-state index contributed by atoms with van der Waals surface area (Å²) in [5.74, 6) is 1.23. The van der Waals surface area contributed by atoms with Gasteiger partial charge in [0.15, 0.2) is 0 Å². The van der Waals surface area contributed by atoms with Crippen LogP contribution in [0.15, 0.2) is 0 Å². The van der Waals surface area contributed by atoms with E-state index in [2.05, 4.69) is 0 Å². The van der Waals surface area contributed by atoms with E-state index in [0.29, 0.717) is 11.9 Å². The molecule has 2 nitrogen and oxygen atoms in total. The molecule has 2 fully saturated rings. The van der Waals surface area contributed by atoms with Crippen molar-refractivity contribution >= 4 is 5.78 Å². The first-order valence-corrected chi connectivity index (χ1v) is 5.98. The van der Waals surface area contributed by atoms with Crippen molar-refractivity contribution in [3.05, 3.63) is 0 Å². The van der Waals surface area contributed by atoms with Gasteiger partial charge in [-0.2, -0.15) is 0 Å². The Hall–Kier alpha value is -0.370. The summed E-state index contributed by atoms with van der Waals surface area (Å²) in [4.78, 5) is 11.0. The highest BCUT2D eigenvalue weighted by Gasteiger charge is 2.21. The molecular weight excluding hydrogens is 176 g/mol. The molecule has 0 spiro atoms. The fraction of sp³-hybridized carbons (Fsp3) is 0.917. The molecule has 14 heavy (non-hydrogen) atoms. The number of Topliss-reactive ketones (excluding diaryl/α,β-unsaturated/α-hetero) is 1. The Morgan fingerprint density at radius 1 is 1.07 bits per heavy atom. The maximum Gasteiger partial charge on any atom is 0.133 e. The molecule has 0 radical (unpaired) electrons. The third-order valence-electron chi connectivity index (χ3n) is 3.53. The highest BCUT2D eigenvalue weighted by molar-refractivity contribution is 5.79. The van der Waals surface area contributed by atoms with E-state index in [1.165, 1.54) is 25.7 Å². The van der Waals surface area contributed by atoms with Gasteiger partial charge in [0.1, 0.15) is 5.78 Å². The van der Waals surface area contributed by atoms with Crippen LogP contribution in [0, 0.1) is 5.92 Å². The molecule has 0 aromatic heterocycles. The van der Waals surface area contributed by atoms with Crippen LogP contribution in [0.2, 0.25) is 0 Å². The smallest absolute Gasteiger partial charge is 0.133 e. The summed E-state index contributed by atoms with van der Waals surface area (Å²) in [6.07, 6.45) is 9.28. The van der Waals surface area contributed by atoms with Crippen molar-refractivity contribution in [1.82, 2.24) is 0 Å². The maximum absolute atomic E-state index is 11.0. The summed E-state index contributed by atoms with van der Waals surface area (Å²) in [6, 6.07) is 0. The summed E-state index contributed by atoms with van der Waals surface area (Å²) >= 11 is 0. The Morgan fingerprint density at radius 2 is 1.71 bits per heavy atom. The van der Waals surface area contributed by atoms with Crippen molar-refractivity contribution < 1.29 is 9.53 Å². The number of rotatable bonds is 3. The monoisotopic (exact) mass is 196 g/mol. The molecular formula is C12H20O2. The van der Waals surface area contributed by atoms with E-state index in [9.17, 15) is 4.79 Å². The standard InChI is InChI=1S/C12H20O2/c13-11-5-7-12(8-6-11)14-9-10-3-1-2-4-10/h10,12H,1-9H2.